The second-order valence-electron chi connectivity index (χ2n) is 6.28. The molecular formula is C14H24N2O3. The zero-order valence-electron chi connectivity index (χ0n) is 11.5. The average Bonchev–Trinajstić information content (AvgIpc) is 2.75. The van der Waals surface area contributed by atoms with Crippen LogP contribution >= 0.6 is 0 Å². The highest BCUT2D eigenvalue weighted by atomic mass is 16.4. The van der Waals surface area contributed by atoms with Crippen LogP contribution in [0, 0.1) is 11.8 Å². The van der Waals surface area contributed by atoms with Gasteiger partial charge < -0.3 is 16.2 Å². The summed E-state index contributed by atoms with van der Waals surface area (Å²) >= 11 is 0. The Morgan fingerprint density at radius 3 is 2.53 bits per heavy atom. The molecule has 4 atom stereocenters. The molecule has 0 aromatic heterocycles. The van der Waals surface area contributed by atoms with Gasteiger partial charge in [0, 0.05) is 6.04 Å². The van der Waals surface area contributed by atoms with Crippen molar-refractivity contribution in [3.05, 3.63) is 0 Å². The van der Waals surface area contributed by atoms with Gasteiger partial charge in [0.05, 0.1) is 5.92 Å². The molecule has 0 heterocycles. The number of hydrogen-bond acceptors (Lipinski definition) is 3. The second-order valence-corrected chi connectivity index (χ2v) is 6.28. The molecule has 0 bridgehead atoms. The van der Waals surface area contributed by atoms with Crippen molar-refractivity contribution >= 4 is 11.9 Å². The topological polar surface area (TPSA) is 92.4 Å². The number of rotatable bonds is 3. The summed E-state index contributed by atoms with van der Waals surface area (Å²) in [5, 5.41) is 12.3. The van der Waals surface area contributed by atoms with Crippen molar-refractivity contribution < 1.29 is 14.7 Å². The minimum atomic E-state index is -1.07. The zero-order valence-corrected chi connectivity index (χ0v) is 11.5. The third kappa shape index (κ3) is 2.91. The molecule has 108 valence electrons. The van der Waals surface area contributed by atoms with Gasteiger partial charge in [0.2, 0.25) is 5.91 Å². The second kappa shape index (κ2) is 5.49. The van der Waals surface area contributed by atoms with Crippen LogP contribution < -0.4 is 11.1 Å². The Bertz CT molecular complexity index is 372. The number of carboxylic acids is 1. The molecule has 5 heteroatoms. The summed E-state index contributed by atoms with van der Waals surface area (Å²) in [5.41, 5.74) is 4.85. The van der Waals surface area contributed by atoms with Crippen molar-refractivity contribution in [2.24, 2.45) is 17.6 Å². The van der Waals surface area contributed by atoms with E-state index in [1.165, 1.54) is 0 Å². The SMILES string of the molecule is CC1CCCC(NC(=O)C2CCCC2N)(C(=O)O)C1. The first-order chi connectivity index (χ1) is 8.94. The first-order valence-electron chi connectivity index (χ1n) is 7.25. The molecule has 1 amide bonds. The molecular weight excluding hydrogens is 244 g/mol. The van der Waals surface area contributed by atoms with Gasteiger partial charge in [-0.25, -0.2) is 4.79 Å². The van der Waals surface area contributed by atoms with E-state index < -0.39 is 11.5 Å². The molecule has 0 radical (unpaired) electrons. The third-order valence-corrected chi connectivity index (χ3v) is 4.68. The number of nitrogens with one attached hydrogen (secondary N) is 1. The maximum atomic E-state index is 12.3. The van der Waals surface area contributed by atoms with Crippen LogP contribution in [-0.2, 0) is 9.59 Å². The normalized spacial score (nSPS) is 38.9. The van der Waals surface area contributed by atoms with Gasteiger partial charge in [-0.15, -0.1) is 0 Å². The van der Waals surface area contributed by atoms with Crippen LogP contribution in [0.4, 0.5) is 0 Å². The van der Waals surface area contributed by atoms with E-state index in [4.69, 9.17) is 5.73 Å². The Balaban J connectivity index is 2.08. The minimum Gasteiger partial charge on any atom is -0.480 e. The Morgan fingerprint density at radius 2 is 2.00 bits per heavy atom. The lowest BCUT2D eigenvalue weighted by Gasteiger charge is -2.38. The molecule has 4 unspecified atom stereocenters. The molecule has 5 nitrogen and oxygen atoms in total. The van der Waals surface area contributed by atoms with Gasteiger partial charge in [-0.3, -0.25) is 4.79 Å². The van der Waals surface area contributed by atoms with E-state index in [9.17, 15) is 14.7 Å². The molecule has 0 spiro atoms. The molecule has 2 saturated carbocycles. The maximum Gasteiger partial charge on any atom is 0.329 e. The largest absolute Gasteiger partial charge is 0.480 e. The predicted molar refractivity (Wildman–Crippen MR) is 71.5 cm³/mol. The molecule has 0 aliphatic heterocycles. The van der Waals surface area contributed by atoms with Crippen molar-refractivity contribution in [2.45, 2.75) is 63.5 Å². The Hall–Kier alpha value is -1.10. The number of nitrogens with two attached hydrogens (primary N) is 1. The minimum absolute atomic E-state index is 0.119. The van der Waals surface area contributed by atoms with Crippen molar-refractivity contribution in [1.29, 1.82) is 0 Å². The first-order valence-corrected chi connectivity index (χ1v) is 7.25. The van der Waals surface area contributed by atoms with Gasteiger partial charge in [0.25, 0.3) is 0 Å². The Morgan fingerprint density at radius 1 is 1.26 bits per heavy atom. The van der Waals surface area contributed by atoms with E-state index in [2.05, 4.69) is 5.32 Å². The van der Waals surface area contributed by atoms with Crippen LogP contribution in [0.15, 0.2) is 0 Å². The Labute approximate surface area is 113 Å². The summed E-state index contributed by atoms with van der Waals surface area (Å²) in [5.74, 6) is -0.948. The molecule has 2 rings (SSSR count). The van der Waals surface area contributed by atoms with E-state index in [1.54, 1.807) is 0 Å². The molecule has 4 N–H and O–H groups in total. The van der Waals surface area contributed by atoms with Crippen molar-refractivity contribution in [1.82, 2.24) is 5.32 Å². The summed E-state index contributed by atoms with van der Waals surface area (Å²) in [6.45, 7) is 2.05. The number of hydrogen-bond donors (Lipinski definition) is 3. The Kier molecular flexibility index (Phi) is 4.13. The number of amides is 1. The van der Waals surface area contributed by atoms with E-state index in [0.29, 0.717) is 18.8 Å². The fourth-order valence-corrected chi connectivity index (χ4v) is 3.56. The third-order valence-electron chi connectivity index (χ3n) is 4.68. The van der Waals surface area contributed by atoms with Crippen molar-refractivity contribution in [3.8, 4) is 0 Å². The van der Waals surface area contributed by atoms with E-state index in [-0.39, 0.29) is 17.9 Å². The maximum absolute atomic E-state index is 12.3. The van der Waals surface area contributed by atoms with Gasteiger partial charge in [-0.05, 0) is 31.6 Å². The molecule has 2 aliphatic rings. The van der Waals surface area contributed by atoms with Crippen LogP contribution in [0.5, 0.6) is 0 Å². The van der Waals surface area contributed by atoms with Gasteiger partial charge in [-0.2, -0.15) is 0 Å². The molecule has 0 saturated heterocycles. The number of aliphatic carboxylic acids is 1. The van der Waals surface area contributed by atoms with Crippen LogP contribution in [-0.4, -0.2) is 28.6 Å². The van der Waals surface area contributed by atoms with Crippen molar-refractivity contribution in [3.63, 3.8) is 0 Å². The quantitative estimate of drug-likeness (QED) is 0.718. The zero-order chi connectivity index (χ0) is 14.0. The smallest absolute Gasteiger partial charge is 0.329 e. The lowest BCUT2D eigenvalue weighted by atomic mass is 9.76. The van der Waals surface area contributed by atoms with Crippen molar-refractivity contribution in [2.75, 3.05) is 0 Å². The molecule has 2 aliphatic carbocycles. The van der Waals surface area contributed by atoms with Gasteiger partial charge in [0.15, 0.2) is 0 Å². The van der Waals surface area contributed by atoms with Gasteiger partial charge >= 0.3 is 5.97 Å². The highest BCUT2D eigenvalue weighted by Gasteiger charge is 2.45. The van der Waals surface area contributed by atoms with Crippen LogP contribution in [0.2, 0.25) is 0 Å². The lowest BCUT2D eigenvalue weighted by molar-refractivity contribution is -0.150. The highest BCUT2D eigenvalue weighted by molar-refractivity contribution is 5.88. The molecule has 0 aromatic rings. The summed E-state index contributed by atoms with van der Waals surface area (Å²) in [4.78, 5) is 23.9. The number of carbonyl (C=O) groups is 2. The fourth-order valence-electron chi connectivity index (χ4n) is 3.56. The fraction of sp³-hybridized carbons (Fsp3) is 0.857. The standard InChI is InChI=1S/C14H24N2O3/c1-9-4-3-7-14(8-9,13(18)19)16-12(17)10-5-2-6-11(10)15/h9-11H,2-8,15H2,1H3,(H,16,17)(H,18,19). The van der Waals surface area contributed by atoms with Crippen LogP contribution in [0.1, 0.15) is 51.9 Å². The van der Waals surface area contributed by atoms with Gasteiger partial charge in [-0.1, -0.05) is 26.2 Å². The van der Waals surface area contributed by atoms with Crippen LogP contribution in [0.25, 0.3) is 0 Å². The lowest BCUT2D eigenvalue weighted by Crippen LogP contribution is -2.58. The first kappa shape index (κ1) is 14.3. The summed E-state index contributed by atoms with van der Waals surface area (Å²) in [7, 11) is 0. The molecule has 2 fully saturated rings. The summed E-state index contributed by atoms with van der Waals surface area (Å²) in [6.07, 6.45) is 5.53. The predicted octanol–water partition coefficient (Wildman–Crippen LogP) is 1.26. The average molecular weight is 268 g/mol. The van der Waals surface area contributed by atoms with Crippen LogP contribution in [0.3, 0.4) is 0 Å². The summed E-state index contributed by atoms with van der Waals surface area (Å²) in [6, 6.07) is -0.119. The monoisotopic (exact) mass is 268 g/mol. The van der Waals surface area contributed by atoms with E-state index >= 15 is 0 Å². The highest BCUT2D eigenvalue weighted by Crippen LogP contribution is 2.34. The van der Waals surface area contributed by atoms with E-state index in [1.807, 2.05) is 6.92 Å². The number of carbonyl (C=O) groups excluding carboxylic acids is 1. The molecule has 19 heavy (non-hydrogen) atoms. The number of carboxylic acid groups (broad SMARTS) is 1. The molecule has 0 aromatic carbocycles. The van der Waals surface area contributed by atoms with E-state index in [0.717, 1.165) is 32.1 Å². The van der Waals surface area contributed by atoms with Gasteiger partial charge in [0.1, 0.15) is 5.54 Å². The summed E-state index contributed by atoms with van der Waals surface area (Å²) < 4.78 is 0.